The van der Waals surface area contributed by atoms with E-state index in [1.54, 1.807) is 4.90 Å². The van der Waals surface area contributed by atoms with Crippen LogP contribution in [-0.2, 0) is 6.54 Å². The number of urea groups is 1. The van der Waals surface area contributed by atoms with E-state index in [0.29, 0.717) is 13.1 Å². The van der Waals surface area contributed by atoms with Crippen molar-refractivity contribution >= 4 is 6.03 Å². The standard InChI is InChI=1S/C19H31N3O2/c1-21(2)14-17-8-10-18(11-9-17)20-19(24)22(12-13-23)15-16-6-4-3-5-7-16/h3-7,17-18,23H,8-15H2,1-2H3,(H,20,24). The molecule has 0 heterocycles. The molecule has 134 valence electrons. The van der Waals surface area contributed by atoms with Crippen molar-refractivity contribution in [2.24, 2.45) is 5.92 Å². The molecule has 1 aliphatic carbocycles. The van der Waals surface area contributed by atoms with Crippen molar-refractivity contribution in [2.75, 3.05) is 33.8 Å². The number of aliphatic hydroxyl groups is 1. The zero-order valence-electron chi connectivity index (χ0n) is 14.9. The number of rotatable bonds is 7. The third-order valence-electron chi connectivity index (χ3n) is 4.67. The summed E-state index contributed by atoms with van der Waals surface area (Å²) in [6.07, 6.45) is 4.43. The lowest BCUT2D eigenvalue weighted by atomic mass is 9.86. The van der Waals surface area contributed by atoms with Gasteiger partial charge in [-0.3, -0.25) is 0 Å². The van der Waals surface area contributed by atoms with E-state index in [1.807, 2.05) is 30.3 Å². The largest absolute Gasteiger partial charge is 0.395 e. The minimum atomic E-state index is -0.0658. The summed E-state index contributed by atoms with van der Waals surface area (Å²) in [5, 5.41) is 12.4. The molecule has 5 nitrogen and oxygen atoms in total. The van der Waals surface area contributed by atoms with Crippen molar-refractivity contribution in [3.05, 3.63) is 35.9 Å². The quantitative estimate of drug-likeness (QED) is 0.805. The van der Waals surface area contributed by atoms with E-state index < -0.39 is 0 Å². The fourth-order valence-corrected chi connectivity index (χ4v) is 3.45. The smallest absolute Gasteiger partial charge is 0.317 e. The normalized spacial score (nSPS) is 20.8. The predicted molar refractivity (Wildman–Crippen MR) is 96.8 cm³/mol. The van der Waals surface area contributed by atoms with Crippen LogP contribution in [0.25, 0.3) is 0 Å². The van der Waals surface area contributed by atoms with E-state index in [-0.39, 0.29) is 18.7 Å². The first-order chi connectivity index (χ1) is 11.6. The SMILES string of the molecule is CN(C)CC1CCC(NC(=O)N(CCO)Cc2ccccc2)CC1. The molecule has 2 N–H and O–H groups in total. The Hall–Kier alpha value is -1.59. The van der Waals surface area contributed by atoms with Gasteiger partial charge in [-0.25, -0.2) is 4.79 Å². The number of amides is 2. The number of hydrogen-bond acceptors (Lipinski definition) is 3. The number of hydrogen-bond donors (Lipinski definition) is 2. The van der Waals surface area contributed by atoms with Crippen LogP contribution in [0, 0.1) is 5.92 Å². The van der Waals surface area contributed by atoms with Gasteiger partial charge < -0.3 is 20.2 Å². The molecule has 0 aromatic heterocycles. The molecule has 1 fully saturated rings. The molecule has 1 saturated carbocycles. The first-order valence-corrected chi connectivity index (χ1v) is 8.93. The highest BCUT2D eigenvalue weighted by Crippen LogP contribution is 2.24. The van der Waals surface area contributed by atoms with Crippen molar-refractivity contribution in [2.45, 2.75) is 38.3 Å². The maximum atomic E-state index is 12.6. The van der Waals surface area contributed by atoms with Gasteiger partial charge in [0.25, 0.3) is 0 Å². The second kappa shape index (κ2) is 9.64. The second-order valence-electron chi connectivity index (χ2n) is 7.06. The van der Waals surface area contributed by atoms with Crippen LogP contribution in [0.1, 0.15) is 31.2 Å². The molecule has 0 aliphatic heterocycles. The van der Waals surface area contributed by atoms with Crippen LogP contribution >= 0.6 is 0 Å². The highest BCUT2D eigenvalue weighted by Gasteiger charge is 2.24. The van der Waals surface area contributed by atoms with Crippen molar-refractivity contribution in [1.82, 2.24) is 15.1 Å². The number of nitrogens with zero attached hydrogens (tertiary/aromatic N) is 2. The first-order valence-electron chi connectivity index (χ1n) is 8.93. The van der Waals surface area contributed by atoms with E-state index in [4.69, 9.17) is 0 Å². The van der Waals surface area contributed by atoms with E-state index >= 15 is 0 Å². The van der Waals surface area contributed by atoms with E-state index in [0.717, 1.165) is 30.9 Å². The molecule has 1 aliphatic rings. The molecule has 0 unspecified atom stereocenters. The minimum absolute atomic E-state index is 0.0180. The highest BCUT2D eigenvalue weighted by atomic mass is 16.3. The van der Waals surface area contributed by atoms with Crippen LogP contribution in [0.15, 0.2) is 30.3 Å². The topological polar surface area (TPSA) is 55.8 Å². The Balaban J connectivity index is 1.82. The zero-order valence-corrected chi connectivity index (χ0v) is 14.9. The van der Waals surface area contributed by atoms with Gasteiger partial charge in [0.1, 0.15) is 0 Å². The van der Waals surface area contributed by atoms with Gasteiger partial charge in [0.05, 0.1) is 6.61 Å². The summed E-state index contributed by atoms with van der Waals surface area (Å²) in [6.45, 7) is 2.00. The zero-order chi connectivity index (χ0) is 17.4. The maximum absolute atomic E-state index is 12.6. The summed E-state index contributed by atoms with van der Waals surface area (Å²) >= 11 is 0. The molecule has 0 spiro atoms. The third kappa shape index (κ3) is 6.13. The Labute approximate surface area is 145 Å². The summed E-state index contributed by atoms with van der Waals surface area (Å²) in [7, 11) is 4.23. The van der Waals surface area contributed by atoms with Crippen LogP contribution in [0.2, 0.25) is 0 Å². The molecule has 0 saturated heterocycles. The summed E-state index contributed by atoms with van der Waals surface area (Å²) in [5.74, 6) is 0.742. The lowest BCUT2D eigenvalue weighted by Crippen LogP contribution is -2.47. The van der Waals surface area contributed by atoms with Crippen molar-refractivity contribution in [1.29, 1.82) is 0 Å². The molecular formula is C19H31N3O2. The fourth-order valence-electron chi connectivity index (χ4n) is 3.45. The third-order valence-corrected chi connectivity index (χ3v) is 4.67. The van der Waals surface area contributed by atoms with Crippen molar-refractivity contribution in [3.8, 4) is 0 Å². The molecule has 5 heteroatoms. The number of carbonyl (C=O) groups excluding carboxylic acids is 1. The first kappa shape index (κ1) is 18.7. The van der Waals surface area contributed by atoms with Crippen LogP contribution in [0.5, 0.6) is 0 Å². The van der Waals surface area contributed by atoms with E-state index in [1.165, 1.54) is 12.8 Å². The number of aliphatic hydroxyl groups excluding tert-OH is 1. The number of nitrogens with one attached hydrogen (secondary N) is 1. The molecule has 1 aromatic rings. The van der Waals surface area contributed by atoms with Gasteiger partial charge in [0, 0.05) is 25.7 Å². The van der Waals surface area contributed by atoms with Crippen LogP contribution in [0.3, 0.4) is 0 Å². The molecule has 2 rings (SSSR count). The Bertz CT molecular complexity index is 485. The summed E-state index contributed by atoms with van der Waals surface area (Å²) in [4.78, 5) is 16.5. The average Bonchev–Trinajstić information content (AvgIpc) is 2.57. The summed E-state index contributed by atoms with van der Waals surface area (Å²) < 4.78 is 0. The van der Waals surface area contributed by atoms with E-state index in [9.17, 15) is 9.90 Å². The number of carbonyl (C=O) groups is 1. The van der Waals surface area contributed by atoms with Crippen LogP contribution < -0.4 is 5.32 Å². The lowest BCUT2D eigenvalue weighted by Gasteiger charge is -2.32. The Morgan fingerprint density at radius 1 is 1.17 bits per heavy atom. The van der Waals surface area contributed by atoms with Gasteiger partial charge in [-0.15, -0.1) is 0 Å². The monoisotopic (exact) mass is 333 g/mol. The minimum Gasteiger partial charge on any atom is -0.395 e. The Kier molecular flexibility index (Phi) is 7.53. The molecule has 1 aromatic carbocycles. The maximum Gasteiger partial charge on any atom is 0.317 e. The van der Waals surface area contributed by atoms with Crippen LogP contribution in [-0.4, -0.2) is 60.8 Å². The summed E-state index contributed by atoms with van der Waals surface area (Å²) in [6, 6.07) is 10.1. The van der Waals surface area contributed by atoms with Gasteiger partial charge in [-0.1, -0.05) is 30.3 Å². The highest BCUT2D eigenvalue weighted by molar-refractivity contribution is 5.74. The van der Waals surface area contributed by atoms with Crippen molar-refractivity contribution < 1.29 is 9.90 Å². The Morgan fingerprint density at radius 3 is 2.42 bits per heavy atom. The molecule has 0 bridgehead atoms. The predicted octanol–water partition coefficient (Wildman–Crippen LogP) is 2.31. The number of benzene rings is 1. The van der Waals surface area contributed by atoms with E-state index in [2.05, 4.69) is 24.3 Å². The van der Waals surface area contributed by atoms with Gasteiger partial charge in [-0.05, 0) is 51.3 Å². The lowest BCUT2D eigenvalue weighted by molar-refractivity contribution is 0.164. The van der Waals surface area contributed by atoms with Gasteiger partial charge in [0.2, 0.25) is 0 Å². The Morgan fingerprint density at radius 2 is 1.83 bits per heavy atom. The van der Waals surface area contributed by atoms with Gasteiger partial charge >= 0.3 is 6.03 Å². The van der Waals surface area contributed by atoms with Gasteiger partial charge in [0.15, 0.2) is 0 Å². The second-order valence-corrected chi connectivity index (χ2v) is 7.06. The molecule has 2 amide bonds. The van der Waals surface area contributed by atoms with Gasteiger partial charge in [-0.2, -0.15) is 0 Å². The fraction of sp³-hybridized carbons (Fsp3) is 0.632. The molecular weight excluding hydrogens is 302 g/mol. The molecule has 24 heavy (non-hydrogen) atoms. The summed E-state index contributed by atoms with van der Waals surface area (Å²) in [5.41, 5.74) is 1.08. The molecule has 0 radical (unpaired) electrons. The van der Waals surface area contributed by atoms with Crippen molar-refractivity contribution in [3.63, 3.8) is 0 Å². The molecule has 0 atom stereocenters. The van der Waals surface area contributed by atoms with Crippen LogP contribution in [0.4, 0.5) is 4.79 Å². The average molecular weight is 333 g/mol.